The molecule has 66 valence electrons. The summed E-state index contributed by atoms with van der Waals surface area (Å²) in [5, 5.41) is 0. The topological polar surface area (TPSA) is 46.6 Å². The second-order valence-corrected chi connectivity index (χ2v) is 3.27. The van der Waals surface area contributed by atoms with Gasteiger partial charge in [-0.3, -0.25) is 4.79 Å². The summed E-state index contributed by atoms with van der Waals surface area (Å²) in [6.45, 7) is 2.33. The number of nitrogens with zero attached hydrogens (tertiary/aromatic N) is 1. The number of carbonyl (C=O) groups is 2. The van der Waals surface area contributed by atoms with Gasteiger partial charge in [0.2, 0.25) is 0 Å². The van der Waals surface area contributed by atoms with Crippen LogP contribution in [0.1, 0.15) is 19.8 Å². The number of amides is 1. The van der Waals surface area contributed by atoms with Gasteiger partial charge in [-0.2, -0.15) is 0 Å². The molecule has 0 aromatic carbocycles. The zero-order valence-corrected chi connectivity index (χ0v) is 6.95. The van der Waals surface area contributed by atoms with Gasteiger partial charge in [-0.05, 0) is 19.8 Å². The van der Waals surface area contributed by atoms with Gasteiger partial charge in [-0.15, -0.1) is 0 Å². The number of cyclic esters (lactones) is 1. The molecule has 1 amide bonds. The zero-order chi connectivity index (χ0) is 8.72. The van der Waals surface area contributed by atoms with Crippen molar-refractivity contribution in [2.75, 3.05) is 6.54 Å². The van der Waals surface area contributed by atoms with E-state index in [1.807, 2.05) is 0 Å². The molecule has 0 radical (unpaired) electrons. The van der Waals surface area contributed by atoms with E-state index in [9.17, 15) is 9.59 Å². The summed E-state index contributed by atoms with van der Waals surface area (Å²) in [5.74, 6) is -0.281. The third-order valence-corrected chi connectivity index (χ3v) is 2.45. The minimum atomic E-state index is -0.577. The monoisotopic (exact) mass is 169 g/mol. The van der Waals surface area contributed by atoms with E-state index in [1.165, 1.54) is 0 Å². The first-order chi connectivity index (χ1) is 5.70. The fourth-order valence-corrected chi connectivity index (χ4v) is 1.81. The average Bonchev–Trinajstić information content (AvgIpc) is 2.48. The molecule has 4 heteroatoms. The number of morpholine rings is 1. The van der Waals surface area contributed by atoms with Crippen LogP contribution in [0.2, 0.25) is 0 Å². The number of carbonyl (C=O) groups excluding carboxylic acids is 2. The SMILES string of the molecule is C[C@@H]1OC(=O)[C@@H]2CCCN2C1=O. The minimum Gasteiger partial charge on any atom is -0.451 e. The summed E-state index contributed by atoms with van der Waals surface area (Å²) in [5.41, 5.74) is 0. The van der Waals surface area contributed by atoms with Crippen molar-refractivity contribution in [2.45, 2.75) is 31.9 Å². The van der Waals surface area contributed by atoms with Crippen molar-refractivity contribution >= 4 is 11.9 Å². The Hall–Kier alpha value is -1.06. The molecule has 0 bridgehead atoms. The van der Waals surface area contributed by atoms with Gasteiger partial charge in [0, 0.05) is 6.54 Å². The normalized spacial score (nSPS) is 34.9. The van der Waals surface area contributed by atoms with E-state index < -0.39 is 6.10 Å². The molecule has 2 atom stereocenters. The molecule has 2 saturated heterocycles. The Morgan fingerprint density at radius 1 is 1.50 bits per heavy atom. The zero-order valence-electron chi connectivity index (χ0n) is 6.95. The number of ether oxygens (including phenoxy) is 1. The molecule has 0 unspecified atom stereocenters. The Morgan fingerprint density at radius 3 is 3.00 bits per heavy atom. The third kappa shape index (κ3) is 0.906. The van der Waals surface area contributed by atoms with Crippen molar-refractivity contribution in [2.24, 2.45) is 0 Å². The highest BCUT2D eigenvalue weighted by molar-refractivity contribution is 5.92. The predicted octanol–water partition coefficient (Wildman–Crippen LogP) is -0.0773. The first-order valence-electron chi connectivity index (χ1n) is 4.21. The summed E-state index contributed by atoms with van der Waals surface area (Å²) in [7, 11) is 0. The molecule has 2 aliphatic rings. The number of hydrogen-bond donors (Lipinski definition) is 0. The van der Waals surface area contributed by atoms with Crippen molar-refractivity contribution in [3.63, 3.8) is 0 Å². The highest BCUT2D eigenvalue weighted by atomic mass is 16.6. The highest BCUT2D eigenvalue weighted by Crippen LogP contribution is 2.24. The molecule has 0 aliphatic carbocycles. The fraction of sp³-hybridized carbons (Fsp3) is 0.750. The molecule has 12 heavy (non-hydrogen) atoms. The van der Waals surface area contributed by atoms with Gasteiger partial charge in [0.1, 0.15) is 6.04 Å². The Labute approximate surface area is 70.5 Å². The van der Waals surface area contributed by atoms with Gasteiger partial charge in [-0.1, -0.05) is 0 Å². The lowest BCUT2D eigenvalue weighted by atomic mass is 10.2. The van der Waals surface area contributed by atoms with Crippen LogP contribution in [0.4, 0.5) is 0 Å². The van der Waals surface area contributed by atoms with E-state index in [4.69, 9.17) is 4.74 Å². The number of rotatable bonds is 0. The van der Waals surface area contributed by atoms with Gasteiger partial charge in [0.05, 0.1) is 0 Å². The van der Waals surface area contributed by atoms with Crippen LogP contribution in [0.25, 0.3) is 0 Å². The van der Waals surface area contributed by atoms with Crippen LogP contribution in [0.5, 0.6) is 0 Å². The molecule has 2 heterocycles. The van der Waals surface area contributed by atoms with Crippen molar-refractivity contribution < 1.29 is 14.3 Å². The quantitative estimate of drug-likeness (QED) is 0.476. The second-order valence-electron chi connectivity index (χ2n) is 3.27. The molecular formula is C8H11NO3. The van der Waals surface area contributed by atoms with Crippen LogP contribution in [-0.2, 0) is 14.3 Å². The van der Waals surface area contributed by atoms with Crippen LogP contribution < -0.4 is 0 Å². The van der Waals surface area contributed by atoms with Crippen LogP contribution in [-0.4, -0.2) is 35.5 Å². The summed E-state index contributed by atoms with van der Waals surface area (Å²) in [6.07, 6.45) is 1.10. The summed E-state index contributed by atoms with van der Waals surface area (Å²) in [4.78, 5) is 24.3. The lowest BCUT2D eigenvalue weighted by Gasteiger charge is -2.31. The average molecular weight is 169 g/mol. The van der Waals surface area contributed by atoms with Crippen LogP contribution >= 0.6 is 0 Å². The predicted molar refractivity (Wildman–Crippen MR) is 40.3 cm³/mol. The molecule has 2 aliphatic heterocycles. The molecule has 2 fully saturated rings. The lowest BCUT2D eigenvalue weighted by molar-refractivity contribution is -0.174. The van der Waals surface area contributed by atoms with Gasteiger partial charge in [-0.25, -0.2) is 4.79 Å². The van der Waals surface area contributed by atoms with E-state index in [0.717, 1.165) is 12.8 Å². The molecular weight excluding hydrogens is 158 g/mol. The van der Waals surface area contributed by atoms with Crippen LogP contribution in [0.15, 0.2) is 0 Å². The van der Waals surface area contributed by atoms with E-state index >= 15 is 0 Å². The van der Waals surface area contributed by atoms with Crippen LogP contribution in [0, 0.1) is 0 Å². The molecule has 0 spiro atoms. The minimum absolute atomic E-state index is 0.0444. The largest absolute Gasteiger partial charge is 0.451 e. The van der Waals surface area contributed by atoms with E-state index in [1.54, 1.807) is 11.8 Å². The molecule has 0 N–H and O–H groups in total. The lowest BCUT2D eigenvalue weighted by Crippen LogP contribution is -2.52. The molecule has 4 nitrogen and oxygen atoms in total. The standard InChI is InChI=1S/C8H11NO3/c1-5-7(10)9-4-2-3-6(9)8(11)12-5/h5-6H,2-4H2,1H3/t5-,6-/m0/s1. The van der Waals surface area contributed by atoms with E-state index in [2.05, 4.69) is 0 Å². The molecule has 0 aromatic rings. The summed E-state index contributed by atoms with van der Waals surface area (Å²) in [6, 6.07) is -0.284. The second kappa shape index (κ2) is 2.47. The summed E-state index contributed by atoms with van der Waals surface area (Å²) >= 11 is 0. The summed E-state index contributed by atoms with van der Waals surface area (Å²) < 4.78 is 4.88. The third-order valence-electron chi connectivity index (χ3n) is 2.45. The van der Waals surface area contributed by atoms with Crippen molar-refractivity contribution in [3.8, 4) is 0 Å². The smallest absolute Gasteiger partial charge is 0.329 e. The van der Waals surface area contributed by atoms with E-state index in [-0.39, 0.29) is 17.9 Å². The Balaban J connectivity index is 2.23. The maximum Gasteiger partial charge on any atom is 0.329 e. The number of fused-ring (bicyclic) bond motifs is 1. The van der Waals surface area contributed by atoms with Crippen molar-refractivity contribution in [3.05, 3.63) is 0 Å². The fourth-order valence-electron chi connectivity index (χ4n) is 1.81. The first kappa shape index (κ1) is 7.58. The Bertz CT molecular complexity index is 238. The van der Waals surface area contributed by atoms with Gasteiger partial charge in [0.25, 0.3) is 5.91 Å². The molecule has 2 rings (SSSR count). The Morgan fingerprint density at radius 2 is 2.25 bits per heavy atom. The van der Waals surface area contributed by atoms with Gasteiger partial charge in [0.15, 0.2) is 6.10 Å². The molecule has 0 saturated carbocycles. The highest BCUT2D eigenvalue weighted by Gasteiger charge is 2.42. The van der Waals surface area contributed by atoms with E-state index in [0.29, 0.717) is 6.54 Å². The Kier molecular flexibility index (Phi) is 1.56. The first-order valence-corrected chi connectivity index (χ1v) is 4.21. The van der Waals surface area contributed by atoms with Crippen molar-refractivity contribution in [1.82, 2.24) is 4.90 Å². The molecule has 0 aromatic heterocycles. The van der Waals surface area contributed by atoms with Gasteiger partial charge < -0.3 is 9.64 Å². The van der Waals surface area contributed by atoms with Gasteiger partial charge >= 0.3 is 5.97 Å². The maximum absolute atomic E-state index is 11.4. The van der Waals surface area contributed by atoms with Crippen LogP contribution in [0.3, 0.4) is 0 Å². The number of hydrogen-bond acceptors (Lipinski definition) is 3. The maximum atomic E-state index is 11.4. The number of esters is 1. The van der Waals surface area contributed by atoms with Crippen molar-refractivity contribution in [1.29, 1.82) is 0 Å².